The molecule has 2 N–H and O–H groups in total. The number of hydrogen-bond acceptors (Lipinski definition) is 7. The second-order valence-corrected chi connectivity index (χ2v) is 7.65. The SMILES string of the molecule is O=C([O-])Cc1ccc(SCC2OC3OCCCCC2C(O)C3O)cc1.[Na+]. The first-order chi connectivity index (χ1) is 12.0. The molecule has 3 fully saturated rings. The molecule has 0 spiro atoms. The smallest absolute Gasteiger partial charge is 0.550 e. The van der Waals surface area contributed by atoms with Crippen molar-refractivity contribution in [3.8, 4) is 0 Å². The summed E-state index contributed by atoms with van der Waals surface area (Å²) in [6.45, 7) is 0.529. The first-order valence-corrected chi connectivity index (χ1v) is 9.58. The Morgan fingerprint density at radius 3 is 2.62 bits per heavy atom. The Bertz CT molecular complexity index is 582. The van der Waals surface area contributed by atoms with Crippen LogP contribution in [-0.2, 0) is 20.7 Å². The molecule has 0 aromatic heterocycles. The molecule has 3 aliphatic heterocycles. The Balaban J connectivity index is 0.00000243. The maximum absolute atomic E-state index is 10.6. The third kappa shape index (κ3) is 5.69. The van der Waals surface area contributed by atoms with Crippen molar-refractivity contribution in [2.45, 2.75) is 55.2 Å². The van der Waals surface area contributed by atoms with Gasteiger partial charge < -0.3 is 29.6 Å². The fourth-order valence-corrected chi connectivity index (χ4v) is 4.39. The molecule has 1 aromatic carbocycles. The van der Waals surface area contributed by atoms with Gasteiger partial charge in [0.05, 0.1) is 12.2 Å². The average Bonchev–Trinajstić information content (AvgIpc) is 2.72. The summed E-state index contributed by atoms with van der Waals surface area (Å²) in [4.78, 5) is 11.6. The van der Waals surface area contributed by atoms with Crippen molar-refractivity contribution in [2.24, 2.45) is 5.92 Å². The summed E-state index contributed by atoms with van der Waals surface area (Å²) in [5.74, 6) is -0.575. The molecule has 1 aromatic rings. The van der Waals surface area contributed by atoms with E-state index >= 15 is 0 Å². The van der Waals surface area contributed by atoms with Gasteiger partial charge in [-0.15, -0.1) is 11.8 Å². The molecule has 3 heterocycles. The van der Waals surface area contributed by atoms with E-state index in [1.165, 1.54) is 0 Å². The maximum atomic E-state index is 10.6. The zero-order valence-electron chi connectivity index (χ0n) is 14.9. The van der Waals surface area contributed by atoms with Crippen LogP contribution in [0.4, 0.5) is 0 Å². The van der Waals surface area contributed by atoms with E-state index in [1.807, 2.05) is 12.1 Å². The van der Waals surface area contributed by atoms with Crippen LogP contribution in [0.1, 0.15) is 24.8 Å². The molecule has 0 amide bonds. The van der Waals surface area contributed by atoms with Crippen LogP contribution in [0, 0.1) is 5.92 Å². The van der Waals surface area contributed by atoms with Crippen molar-refractivity contribution in [1.82, 2.24) is 0 Å². The summed E-state index contributed by atoms with van der Waals surface area (Å²) in [5, 5.41) is 31.2. The number of carbonyl (C=O) groups excluding carboxylic acids is 1. The van der Waals surface area contributed by atoms with Crippen LogP contribution in [0.5, 0.6) is 0 Å². The van der Waals surface area contributed by atoms with Crippen molar-refractivity contribution >= 4 is 17.7 Å². The second kappa shape index (κ2) is 10.4. The minimum atomic E-state index is -1.09. The average molecular weight is 390 g/mol. The fraction of sp³-hybridized carbons (Fsp3) is 0.611. The van der Waals surface area contributed by atoms with E-state index in [-0.39, 0.29) is 48.0 Å². The number of thioether (sulfide) groups is 1. The van der Waals surface area contributed by atoms with Crippen molar-refractivity contribution < 1.29 is 59.1 Å². The van der Waals surface area contributed by atoms with E-state index in [2.05, 4.69) is 0 Å². The first-order valence-electron chi connectivity index (χ1n) is 8.59. The van der Waals surface area contributed by atoms with Crippen molar-refractivity contribution in [1.29, 1.82) is 0 Å². The van der Waals surface area contributed by atoms with Gasteiger partial charge in [0.25, 0.3) is 0 Å². The molecule has 138 valence electrons. The van der Waals surface area contributed by atoms with Gasteiger partial charge in [-0.05, 0) is 30.5 Å². The van der Waals surface area contributed by atoms with Crippen molar-refractivity contribution in [2.75, 3.05) is 12.4 Å². The standard InChI is InChI=1S/C18H24O6S.Na/c19-15(20)9-11-4-6-12(7-5-11)25-10-14-13-3-1-2-8-23-18(24-14)17(22)16(13)21;/h4-7,13-14,16-18,21-22H,1-3,8-10H2,(H,19,20);/q;+1/p-1. The number of fused-ring (bicyclic) bond motifs is 6. The molecular weight excluding hydrogens is 367 g/mol. The monoisotopic (exact) mass is 390 g/mol. The van der Waals surface area contributed by atoms with E-state index < -0.39 is 24.5 Å². The Morgan fingerprint density at radius 1 is 1.19 bits per heavy atom. The van der Waals surface area contributed by atoms with Gasteiger partial charge in [-0.2, -0.15) is 0 Å². The van der Waals surface area contributed by atoms with Gasteiger partial charge in [0.1, 0.15) is 6.10 Å². The van der Waals surface area contributed by atoms with E-state index in [0.717, 1.165) is 24.2 Å². The molecule has 0 saturated carbocycles. The van der Waals surface area contributed by atoms with Gasteiger partial charge in [-0.25, -0.2) is 0 Å². The van der Waals surface area contributed by atoms with Gasteiger partial charge >= 0.3 is 29.6 Å². The van der Waals surface area contributed by atoms with Crippen LogP contribution < -0.4 is 34.7 Å². The van der Waals surface area contributed by atoms with Crippen LogP contribution in [0.25, 0.3) is 0 Å². The number of rotatable bonds is 5. The zero-order valence-corrected chi connectivity index (χ0v) is 17.7. The van der Waals surface area contributed by atoms with E-state index in [9.17, 15) is 20.1 Å². The molecule has 3 saturated heterocycles. The summed E-state index contributed by atoms with van der Waals surface area (Å²) in [6.07, 6.45) is -0.290. The number of carboxylic acid groups (broad SMARTS) is 1. The number of aliphatic carboxylic acids is 1. The largest absolute Gasteiger partial charge is 1.00 e. The van der Waals surface area contributed by atoms with Crippen LogP contribution in [0.3, 0.4) is 0 Å². The molecule has 0 radical (unpaired) electrons. The van der Waals surface area contributed by atoms with Gasteiger partial charge in [0, 0.05) is 35.6 Å². The molecule has 2 bridgehead atoms. The molecule has 0 aliphatic carbocycles. The maximum Gasteiger partial charge on any atom is 1.00 e. The predicted octanol–water partition coefficient (Wildman–Crippen LogP) is -2.66. The topological polar surface area (TPSA) is 99.1 Å². The molecule has 6 nitrogen and oxygen atoms in total. The molecular formula is C18H23NaO6S. The second-order valence-electron chi connectivity index (χ2n) is 6.56. The minimum absolute atomic E-state index is 0. The molecule has 5 unspecified atom stereocenters. The number of aliphatic hydroxyl groups excluding tert-OH is 2. The van der Waals surface area contributed by atoms with Crippen LogP contribution in [-0.4, -0.2) is 53.1 Å². The zero-order chi connectivity index (χ0) is 17.8. The predicted molar refractivity (Wildman–Crippen MR) is 89.8 cm³/mol. The van der Waals surface area contributed by atoms with Crippen molar-refractivity contribution in [3.63, 3.8) is 0 Å². The van der Waals surface area contributed by atoms with E-state index in [4.69, 9.17) is 9.47 Å². The van der Waals surface area contributed by atoms with Gasteiger partial charge in [0.15, 0.2) is 6.29 Å². The summed E-state index contributed by atoms with van der Waals surface area (Å²) < 4.78 is 11.5. The molecule has 5 atom stereocenters. The van der Waals surface area contributed by atoms with Crippen LogP contribution in [0.2, 0.25) is 0 Å². The molecule has 3 aliphatic rings. The first kappa shape index (κ1) is 22.2. The number of carboxylic acids is 1. The molecule has 8 heteroatoms. The summed E-state index contributed by atoms with van der Waals surface area (Å²) in [5.41, 5.74) is 0.703. The van der Waals surface area contributed by atoms with Gasteiger partial charge in [0.2, 0.25) is 0 Å². The number of aliphatic hydroxyl groups is 2. The van der Waals surface area contributed by atoms with Gasteiger partial charge in [-0.1, -0.05) is 18.6 Å². The summed E-state index contributed by atoms with van der Waals surface area (Å²) >= 11 is 1.58. The van der Waals surface area contributed by atoms with E-state index in [0.29, 0.717) is 17.9 Å². The molecule has 26 heavy (non-hydrogen) atoms. The number of carbonyl (C=O) groups is 1. The van der Waals surface area contributed by atoms with Crippen LogP contribution >= 0.6 is 11.8 Å². The Hall–Kier alpha value is -0.120. The molecule has 4 rings (SSSR count). The minimum Gasteiger partial charge on any atom is -0.550 e. The Morgan fingerprint density at radius 2 is 1.92 bits per heavy atom. The number of ether oxygens (including phenoxy) is 2. The Labute approximate surface area is 179 Å². The fourth-order valence-electron chi connectivity index (χ4n) is 3.38. The quantitative estimate of drug-likeness (QED) is 0.418. The van der Waals surface area contributed by atoms with Gasteiger partial charge in [-0.3, -0.25) is 0 Å². The third-order valence-corrected chi connectivity index (χ3v) is 5.85. The Kier molecular flexibility index (Phi) is 8.90. The number of hydrogen-bond donors (Lipinski definition) is 2. The van der Waals surface area contributed by atoms with E-state index in [1.54, 1.807) is 23.9 Å². The summed E-state index contributed by atoms with van der Waals surface area (Å²) in [7, 11) is 0. The normalized spacial score (nSPS) is 31.4. The van der Waals surface area contributed by atoms with Crippen molar-refractivity contribution in [3.05, 3.63) is 29.8 Å². The number of benzene rings is 1. The third-order valence-electron chi connectivity index (χ3n) is 4.75. The summed E-state index contributed by atoms with van der Waals surface area (Å²) in [6, 6.07) is 7.29. The van der Waals surface area contributed by atoms with Crippen LogP contribution in [0.15, 0.2) is 29.2 Å².